The van der Waals surface area contributed by atoms with Gasteiger partial charge in [-0.3, -0.25) is 14.4 Å². The van der Waals surface area contributed by atoms with Crippen molar-refractivity contribution < 1.29 is 24.2 Å². The molecule has 2 aliphatic rings. The van der Waals surface area contributed by atoms with E-state index in [4.69, 9.17) is 9.84 Å². The SMILES string of the molecule is CCCc1ccc(N2CC(C(=O)NC3(CC(=O)O)CCOC3)CC2=O)cc1. The van der Waals surface area contributed by atoms with Gasteiger partial charge in [0.2, 0.25) is 11.8 Å². The fourth-order valence-electron chi connectivity index (χ4n) is 3.81. The van der Waals surface area contributed by atoms with Gasteiger partial charge in [-0.05, 0) is 30.5 Å². The van der Waals surface area contributed by atoms with Gasteiger partial charge < -0.3 is 20.1 Å². The quantitative estimate of drug-likeness (QED) is 0.758. The zero-order valence-electron chi connectivity index (χ0n) is 15.6. The second-order valence-electron chi connectivity index (χ2n) is 7.46. The minimum Gasteiger partial charge on any atom is -0.481 e. The summed E-state index contributed by atoms with van der Waals surface area (Å²) >= 11 is 0. The van der Waals surface area contributed by atoms with Crippen LogP contribution in [0.25, 0.3) is 0 Å². The first-order valence-corrected chi connectivity index (χ1v) is 9.43. The third-order valence-corrected chi connectivity index (χ3v) is 5.26. The number of nitrogens with zero attached hydrogens (tertiary/aromatic N) is 1. The Morgan fingerprint density at radius 1 is 1.33 bits per heavy atom. The number of hydrogen-bond donors (Lipinski definition) is 2. The van der Waals surface area contributed by atoms with E-state index in [-0.39, 0.29) is 31.3 Å². The first-order valence-electron chi connectivity index (χ1n) is 9.43. The summed E-state index contributed by atoms with van der Waals surface area (Å²) in [6.45, 7) is 3.04. The van der Waals surface area contributed by atoms with Crippen LogP contribution in [0.2, 0.25) is 0 Å². The summed E-state index contributed by atoms with van der Waals surface area (Å²) in [4.78, 5) is 37.9. The monoisotopic (exact) mass is 374 g/mol. The summed E-state index contributed by atoms with van der Waals surface area (Å²) in [5, 5.41) is 12.0. The lowest BCUT2D eigenvalue weighted by molar-refractivity contribution is -0.139. The number of rotatable bonds is 7. The second kappa shape index (κ2) is 8.08. The lowest BCUT2D eigenvalue weighted by atomic mass is 9.93. The molecule has 2 heterocycles. The fourth-order valence-corrected chi connectivity index (χ4v) is 3.81. The summed E-state index contributed by atoms with van der Waals surface area (Å²) in [5.41, 5.74) is 1.14. The van der Waals surface area contributed by atoms with Gasteiger partial charge in [0.05, 0.1) is 24.5 Å². The first kappa shape index (κ1) is 19.4. The third-order valence-electron chi connectivity index (χ3n) is 5.26. The molecule has 0 radical (unpaired) electrons. The molecule has 146 valence electrons. The van der Waals surface area contributed by atoms with E-state index < -0.39 is 17.4 Å². The molecule has 2 saturated heterocycles. The molecule has 2 N–H and O–H groups in total. The van der Waals surface area contributed by atoms with Gasteiger partial charge in [0.25, 0.3) is 0 Å². The number of ether oxygens (including phenoxy) is 1. The molecule has 2 fully saturated rings. The largest absolute Gasteiger partial charge is 0.481 e. The topological polar surface area (TPSA) is 95.9 Å². The summed E-state index contributed by atoms with van der Waals surface area (Å²) in [5.74, 6) is -1.83. The lowest BCUT2D eigenvalue weighted by Crippen LogP contribution is -2.52. The molecule has 0 spiro atoms. The number of carbonyl (C=O) groups is 3. The molecule has 1 aromatic rings. The molecule has 3 rings (SSSR count). The van der Waals surface area contributed by atoms with Gasteiger partial charge in [0, 0.05) is 25.3 Å². The number of carboxylic acids is 1. The molecule has 2 unspecified atom stereocenters. The molecular weight excluding hydrogens is 348 g/mol. The van der Waals surface area contributed by atoms with E-state index in [1.54, 1.807) is 4.90 Å². The Bertz CT molecular complexity index is 710. The Balaban J connectivity index is 1.65. The lowest BCUT2D eigenvalue weighted by Gasteiger charge is -2.28. The third kappa shape index (κ3) is 4.47. The number of benzene rings is 1. The molecule has 0 saturated carbocycles. The van der Waals surface area contributed by atoms with E-state index >= 15 is 0 Å². The van der Waals surface area contributed by atoms with Crippen LogP contribution < -0.4 is 10.2 Å². The van der Waals surface area contributed by atoms with Crippen molar-refractivity contribution in [3.05, 3.63) is 29.8 Å². The number of carbonyl (C=O) groups excluding carboxylic acids is 2. The Morgan fingerprint density at radius 2 is 2.07 bits per heavy atom. The summed E-state index contributed by atoms with van der Waals surface area (Å²) in [7, 11) is 0. The summed E-state index contributed by atoms with van der Waals surface area (Å²) < 4.78 is 5.31. The average molecular weight is 374 g/mol. The number of aryl methyl sites for hydroxylation is 1. The van der Waals surface area contributed by atoms with Gasteiger partial charge in [0.15, 0.2) is 0 Å². The number of anilines is 1. The number of carboxylic acid groups (broad SMARTS) is 1. The predicted octanol–water partition coefficient (Wildman–Crippen LogP) is 1.74. The molecule has 0 bridgehead atoms. The van der Waals surface area contributed by atoms with E-state index in [0.29, 0.717) is 19.6 Å². The minimum absolute atomic E-state index is 0.0895. The van der Waals surface area contributed by atoms with E-state index in [0.717, 1.165) is 18.5 Å². The smallest absolute Gasteiger partial charge is 0.305 e. The van der Waals surface area contributed by atoms with Crippen molar-refractivity contribution in [2.24, 2.45) is 5.92 Å². The highest BCUT2D eigenvalue weighted by molar-refractivity contribution is 6.00. The molecule has 7 nitrogen and oxygen atoms in total. The van der Waals surface area contributed by atoms with Crippen LogP contribution in [-0.2, 0) is 25.5 Å². The number of aliphatic carboxylic acids is 1. The minimum atomic E-state index is -0.975. The molecule has 2 aliphatic heterocycles. The zero-order chi connectivity index (χ0) is 19.4. The van der Waals surface area contributed by atoms with Crippen LogP contribution in [0.4, 0.5) is 5.69 Å². The van der Waals surface area contributed by atoms with Crippen molar-refractivity contribution in [2.45, 2.75) is 44.6 Å². The van der Waals surface area contributed by atoms with Crippen LogP contribution in [-0.4, -0.2) is 48.2 Å². The standard InChI is InChI=1S/C20H26N2O5/c1-2-3-14-4-6-16(7-5-14)22-12-15(10-17(22)23)19(26)21-20(11-18(24)25)8-9-27-13-20/h4-7,15H,2-3,8-13H2,1H3,(H,21,26)(H,24,25). The maximum Gasteiger partial charge on any atom is 0.305 e. The van der Waals surface area contributed by atoms with Gasteiger partial charge >= 0.3 is 5.97 Å². The highest BCUT2D eigenvalue weighted by Crippen LogP contribution is 2.28. The van der Waals surface area contributed by atoms with Gasteiger partial charge in [0.1, 0.15) is 0 Å². The van der Waals surface area contributed by atoms with Crippen LogP contribution in [0.5, 0.6) is 0 Å². The predicted molar refractivity (Wildman–Crippen MR) is 99.5 cm³/mol. The molecule has 7 heteroatoms. The fraction of sp³-hybridized carbons (Fsp3) is 0.550. The maximum absolute atomic E-state index is 12.7. The van der Waals surface area contributed by atoms with Crippen molar-refractivity contribution in [2.75, 3.05) is 24.7 Å². The molecule has 27 heavy (non-hydrogen) atoms. The molecular formula is C20H26N2O5. The maximum atomic E-state index is 12.7. The zero-order valence-corrected chi connectivity index (χ0v) is 15.6. The van der Waals surface area contributed by atoms with Gasteiger partial charge in [-0.15, -0.1) is 0 Å². The highest BCUT2D eigenvalue weighted by Gasteiger charge is 2.42. The normalized spacial score (nSPS) is 25.0. The molecule has 2 amide bonds. The molecule has 0 aliphatic carbocycles. The van der Waals surface area contributed by atoms with E-state index in [1.165, 1.54) is 5.56 Å². The summed E-state index contributed by atoms with van der Waals surface area (Å²) in [6.07, 6.45) is 2.47. The van der Waals surface area contributed by atoms with Crippen molar-refractivity contribution in [1.82, 2.24) is 5.32 Å². The molecule has 2 atom stereocenters. The summed E-state index contributed by atoms with van der Waals surface area (Å²) in [6, 6.07) is 7.86. The number of nitrogens with one attached hydrogen (secondary N) is 1. The number of amides is 2. The first-order chi connectivity index (χ1) is 12.9. The van der Waals surface area contributed by atoms with Crippen molar-refractivity contribution in [1.29, 1.82) is 0 Å². The number of hydrogen-bond acceptors (Lipinski definition) is 4. The van der Waals surface area contributed by atoms with Crippen LogP contribution in [0.1, 0.15) is 38.2 Å². The van der Waals surface area contributed by atoms with Crippen molar-refractivity contribution in [3.8, 4) is 0 Å². The van der Waals surface area contributed by atoms with Gasteiger partial charge in [-0.2, -0.15) is 0 Å². The van der Waals surface area contributed by atoms with E-state index in [2.05, 4.69) is 12.2 Å². The Kier molecular flexibility index (Phi) is 5.79. The van der Waals surface area contributed by atoms with Crippen LogP contribution >= 0.6 is 0 Å². The van der Waals surface area contributed by atoms with Crippen LogP contribution in [0.3, 0.4) is 0 Å². The van der Waals surface area contributed by atoms with Crippen LogP contribution in [0.15, 0.2) is 24.3 Å². The Hall–Kier alpha value is -2.41. The average Bonchev–Trinajstić information content (AvgIpc) is 3.22. The Morgan fingerprint density at radius 3 is 2.67 bits per heavy atom. The molecule has 0 aromatic heterocycles. The van der Waals surface area contributed by atoms with E-state index in [1.807, 2.05) is 24.3 Å². The van der Waals surface area contributed by atoms with Crippen LogP contribution in [0, 0.1) is 5.92 Å². The highest BCUT2D eigenvalue weighted by atomic mass is 16.5. The van der Waals surface area contributed by atoms with Gasteiger partial charge in [-0.1, -0.05) is 25.5 Å². The second-order valence-corrected chi connectivity index (χ2v) is 7.46. The molecule has 1 aromatic carbocycles. The Labute approximate surface area is 158 Å². The van der Waals surface area contributed by atoms with Crippen molar-refractivity contribution >= 4 is 23.5 Å². The van der Waals surface area contributed by atoms with Gasteiger partial charge in [-0.25, -0.2) is 0 Å². The van der Waals surface area contributed by atoms with E-state index in [9.17, 15) is 14.4 Å². The van der Waals surface area contributed by atoms with Crippen molar-refractivity contribution in [3.63, 3.8) is 0 Å².